The van der Waals surface area contributed by atoms with Crippen LogP contribution >= 0.6 is 0 Å². The summed E-state index contributed by atoms with van der Waals surface area (Å²) in [6.07, 6.45) is 0. The molecule has 2 aromatic carbocycles. The molecule has 0 amide bonds. The van der Waals surface area contributed by atoms with Gasteiger partial charge < -0.3 is 13.8 Å². The minimum absolute atomic E-state index is 0. The van der Waals surface area contributed by atoms with Gasteiger partial charge in [-0.3, -0.25) is 0 Å². The van der Waals surface area contributed by atoms with Crippen molar-refractivity contribution in [3.63, 3.8) is 0 Å². The predicted molar refractivity (Wildman–Crippen MR) is 72.6 cm³/mol. The summed E-state index contributed by atoms with van der Waals surface area (Å²) in [5, 5.41) is 0. The van der Waals surface area contributed by atoms with Crippen LogP contribution in [0, 0.1) is 26.0 Å². The Kier molecular flexibility index (Phi) is 30.8. The van der Waals surface area contributed by atoms with Crippen LogP contribution < -0.4 is 0 Å². The Balaban J connectivity index is -0.000000171. The van der Waals surface area contributed by atoms with E-state index in [9.17, 15) is 0 Å². The SMILES string of the molecule is [CH2-]C.[CH2-]C.[Ti+4].[c-]1ccccc1.[c-]1ccccc1. The van der Waals surface area contributed by atoms with Gasteiger partial charge in [-0.2, -0.15) is 86.6 Å². The second kappa shape index (κ2) is 24.4. The molecule has 0 aliphatic rings. The molecule has 0 saturated carbocycles. The molecule has 88 valence electrons. The molecule has 2 rings (SSSR count). The first-order valence-corrected chi connectivity index (χ1v) is 5.24. The maximum absolute atomic E-state index is 3.25. The van der Waals surface area contributed by atoms with E-state index >= 15 is 0 Å². The molecule has 0 heterocycles. The van der Waals surface area contributed by atoms with Crippen LogP contribution in [0.25, 0.3) is 0 Å². The van der Waals surface area contributed by atoms with Gasteiger partial charge in [-0.25, -0.2) is 0 Å². The quantitative estimate of drug-likeness (QED) is 0.477. The van der Waals surface area contributed by atoms with Crippen LogP contribution in [-0.4, -0.2) is 0 Å². The fourth-order valence-electron chi connectivity index (χ4n) is 0.684. The van der Waals surface area contributed by atoms with Gasteiger partial charge in [0.25, 0.3) is 0 Å². The molecule has 0 N–H and O–H groups in total. The van der Waals surface area contributed by atoms with E-state index in [-0.39, 0.29) is 21.7 Å². The van der Waals surface area contributed by atoms with Crippen LogP contribution in [0.15, 0.2) is 60.7 Å². The Morgan fingerprint density at radius 2 is 0.765 bits per heavy atom. The average molecular weight is 260 g/mol. The van der Waals surface area contributed by atoms with Crippen molar-refractivity contribution in [2.75, 3.05) is 0 Å². The first kappa shape index (κ1) is 21.4. The zero-order valence-electron chi connectivity index (χ0n) is 10.7. The number of hydrogen-bond donors (Lipinski definition) is 0. The van der Waals surface area contributed by atoms with Crippen molar-refractivity contribution >= 4 is 0 Å². The minimum Gasteiger partial charge on any atom is -0.346 e. The summed E-state index contributed by atoms with van der Waals surface area (Å²) < 4.78 is 0. The first-order valence-electron chi connectivity index (χ1n) is 5.24. The molecule has 0 unspecified atom stereocenters. The van der Waals surface area contributed by atoms with Gasteiger partial charge in [-0.15, -0.1) is 0 Å². The Bertz CT molecular complexity index is 181. The van der Waals surface area contributed by atoms with Crippen LogP contribution in [0.4, 0.5) is 0 Å². The van der Waals surface area contributed by atoms with E-state index in [0.717, 1.165) is 0 Å². The Hall–Kier alpha value is -0.846. The number of rotatable bonds is 0. The fraction of sp³-hybridized carbons (Fsp3) is 0.125. The van der Waals surface area contributed by atoms with E-state index < -0.39 is 0 Å². The molecule has 0 aromatic heterocycles. The van der Waals surface area contributed by atoms with Crippen LogP contribution in [0.5, 0.6) is 0 Å². The van der Waals surface area contributed by atoms with E-state index in [4.69, 9.17) is 0 Å². The molecule has 0 fully saturated rings. The molecular formula is C16H20Ti. The zero-order chi connectivity index (χ0) is 12.5. The standard InChI is InChI=1S/2C6H5.2C2H5.Ti/c2*1-2-4-6-5-3-1;2*1-2;/h2*1-5H;2*1H2,2H3;/q4*-1;+4. The number of benzene rings is 2. The van der Waals surface area contributed by atoms with E-state index in [1.54, 1.807) is 13.8 Å². The summed E-state index contributed by atoms with van der Waals surface area (Å²) in [5.74, 6) is 0. The van der Waals surface area contributed by atoms with Crippen molar-refractivity contribution in [2.24, 2.45) is 0 Å². The van der Waals surface area contributed by atoms with Gasteiger partial charge in [0.15, 0.2) is 0 Å². The van der Waals surface area contributed by atoms with Gasteiger partial charge in [0, 0.05) is 0 Å². The van der Waals surface area contributed by atoms with Gasteiger partial charge in [0.05, 0.1) is 0 Å². The normalized spacial score (nSPS) is 6.35. The summed E-state index contributed by atoms with van der Waals surface area (Å²) in [7, 11) is 0. The summed E-state index contributed by atoms with van der Waals surface area (Å²) >= 11 is 0. The van der Waals surface area contributed by atoms with Gasteiger partial charge in [0.2, 0.25) is 0 Å². The maximum atomic E-state index is 3.25. The predicted octanol–water partition coefficient (Wildman–Crippen LogP) is 4.65. The molecule has 0 atom stereocenters. The molecule has 0 bridgehead atoms. The summed E-state index contributed by atoms with van der Waals surface area (Å²) in [6.45, 7) is 10.0. The summed E-state index contributed by atoms with van der Waals surface area (Å²) in [5.41, 5.74) is 0. The first-order chi connectivity index (χ1) is 8.00. The van der Waals surface area contributed by atoms with Crippen molar-refractivity contribution in [2.45, 2.75) is 13.8 Å². The third kappa shape index (κ3) is 21.1. The molecule has 0 nitrogen and oxygen atoms in total. The molecule has 2 aromatic rings. The maximum Gasteiger partial charge on any atom is 4.00 e. The second-order valence-corrected chi connectivity index (χ2v) is 2.15. The van der Waals surface area contributed by atoms with E-state index in [2.05, 4.69) is 26.0 Å². The fourth-order valence-corrected chi connectivity index (χ4v) is 0.684. The van der Waals surface area contributed by atoms with E-state index in [0.29, 0.717) is 0 Å². The van der Waals surface area contributed by atoms with Crippen molar-refractivity contribution in [3.05, 3.63) is 86.6 Å². The third-order valence-electron chi connectivity index (χ3n) is 1.21. The topological polar surface area (TPSA) is 0 Å². The molecule has 0 saturated heterocycles. The van der Waals surface area contributed by atoms with Crippen LogP contribution in [0.3, 0.4) is 0 Å². The molecule has 0 spiro atoms. The molecule has 1 heteroatoms. The van der Waals surface area contributed by atoms with Crippen LogP contribution in [0.2, 0.25) is 0 Å². The van der Waals surface area contributed by atoms with Gasteiger partial charge >= 0.3 is 21.7 Å². The van der Waals surface area contributed by atoms with E-state index in [1.165, 1.54) is 0 Å². The van der Waals surface area contributed by atoms with Gasteiger partial charge in [0.1, 0.15) is 0 Å². The molecular weight excluding hydrogens is 240 g/mol. The molecule has 0 aliphatic carbocycles. The van der Waals surface area contributed by atoms with Crippen LogP contribution in [0.1, 0.15) is 13.8 Å². The molecule has 17 heavy (non-hydrogen) atoms. The van der Waals surface area contributed by atoms with Gasteiger partial charge in [-0.05, 0) is 0 Å². The van der Waals surface area contributed by atoms with Crippen molar-refractivity contribution in [1.82, 2.24) is 0 Å². The third-order valence-corrected chi connectivity index (χ3v) is 1.21. The van der Waals surface area contributed by atoms with E-state index in [1.807, 2.05) is 60.7 Å². The molecule has 0 radical (unpaired) electrons. The summed E-state index contributed by atoms with van der Waals surface area (Å²) in [6, 6.07) is 25.0. The molecule has 0 aliphatic heterocycles. The minimum atomic E-state index is 0. The Morgan fingerprint density at radius 3 is 0.824 bits per heavy atom. The average Bonchev–Trinajstić information content (AvgIpc) is 2.48. The number of hydrogen-bond acceptors (Lipinski definition) is 0. The van der Waals surface area contributed by atoms with Crippen molar-refractivity contribution in [3.8, 4) is 0 Å². The van der Waals surface area contributed by atoms with Crippen LogP contribution in [-0.2, 0) is 21.7 Å². The van der Waals surface area contributed by atoms with Crippen molar-refractivity contribution < 1.29 is 21.7 Å². The Morgan fingerprint density at radius 1 is 0.529 bits per heavy atom. The summed E-state index contributed by atoms with van der Waals surface area (Å²) in [4.78, 5) is 0. The van der Waals surface area contributed by atoms with Gasteiger partial charge in [-0.1, -0.05) is 0 Å². The largest absolute Gasteiger partial charge is 4.00 e. The second-order valence-electron chi connectivity index (χ2n) is 2.15. The van der Waals surface area contributed by atoms with Crippen molar-refractivity contribution in [1.29, 1.82) is 0 Å². The zero-order valence-corrected chi connectivity index (χ0v) is 12.2. The smallest absolute Gasteiger partial charge is 0.346 e. The monoisotopic (exact) mass is 260 g/mol. The Labute approximate surface area is 122 Å².